The number of rotatable bonds is 6. The molecule has 0 radical (unpaired) electrons. The van der Waals surface area contributed by atoms with Crippen LogP contribution in [0.15, 0.2) is 0 Å². The number of carbonyl (C=O) groups is 2. The maximum Gasteiger partial charge on any atom is 0.407 e. The molecule has 0 aromatic rings. The molecule has 0 rings (SSSR count). The van der Waals surface area contributed by atoms with Crippen molar-refractivity contribution < 1.29 is 36.9 Å². The monoisotopic (exact) mass is 357 g/mol. The molecule has 17 heavy (non-hydrogen) atoms. The lowest BCUT2D eigenvalue weighted by molar-refractivity contribution is -0.368. The maximum atomic E-state index is 12.1. The first-order chi connectivity index (χ1) is 7.93. The summed E-state index contributed by atoms with van der Waals surface area (Å²) in [4.78, 5) is 24.9. The van der Waals surface area contributed by atoms with Crippen molar-refractivity contribution >= 4 is 12.0 Å². The Morgan fingerprint density at radius 3 is 2.41 bits per heavy atom. The molecule has 0 fully saturated rings. The second kappa shape index (κ2) is 8.54. The zero-order valence-electron chi connectivity index (χ0n) is 10.9. The first-order valence-electron chi connectivity index (χ1n) is 5.61. The predicted molar refractivity (Wildman–Crippen MR) is 62.7 cm³/mol. The number of likely N-dealkylation sites (N-methyl/N-ethyl adjacent to an activating group) is 1. The molecule has 0 aromatic carbocycles. The van der Waals surface area contributed by atoms with E-state index in [-0.39, 0.29) is 11.8 Å². The third-order valence-corrected chi connectivity index (χ3v) is 3.23. The van der Waals surface area contributed by atoms with E-state index in [0.717, 1.165) is 10.8 Å². The summed E-state index contributed by atoms with van der Waals surface area (Å²) in [6.45, 7) is 4.50. The van der Waals surface area contributed by atoms with E-state index in [2.05, 4.69) is 10.1 Å². The van der Waals surface area contributed by atoms with Crippen LogP contribution in [0.4, 0.5) is 4.79 Å². The summed E-state index contributed by atoms with van der Waals surface area (Å²) >= 11 is 2.01. The Kier molecular flexibility index (Phi) is 8.28. The van der Waals surface area contributed by atoms with E-state index in [1.807, 2.05) is 36.4 Å². The third-order valence-electron chi connectivity index (χ3n) is 2.41. The molecule has 0 heterocycles. The zero-order valence-corrected chi connectivity index (χ0v) is 13.2. The summed E-state index contributed by atoms with van der Waals surface area (Å²) in [5.41, 5.74) is 0. The van der Waals surface area contributed by atoms with Crippen molar-refractivity contribution in [2.75, 3.05) is 25.1 Å². The van der Waals surface area contributed by atoms with E-state index in [4.69, 9.17) is 0 Å². The number of hydrogen-bond donors (Lipinski definition) is 1. The minimum atomic E-state index is -0.568. The SMILES string of the molecule is COC(=O)N[C@H](C(=O)N(C)CCC[IH+])C(C)C. The van der Waals surface area contributed by atoms with Gasteiger partial charge in [-0.2, -0.15) is 0 Å². The van der Waals surface area contributed by atoms with Crippen molar-refractivity contribution in [3.05, 3.63) is 0 Å². The van der Waals surface area contributed by atoms with Gasteiger partial charge in [-0.3, -0.25) is 4.79 Å². The topological polar surface area (TPSA) is 58.6 Å². The fourth-order valence-corrected chi connectivity index (χ4v) is 1.72. The molecule has 1 atom stereocenters. The second-order valence-corrected chi connectivity index (χ2v) is 5.34. The van der Waals surface area contributed by atoms with Gasteiger partial charge in [0.15, 0.2) is 0 Å². The molecule has 0 aliphatic heterocycles. The highest BCUT2D eigenvalue weighted by Gasteiger charge is 2.27. The number of amides is 2. The van der Waals surface area contributed by atoms with Crippen molar-refractivity contribution in [1.82, 2.24) is 10.2 Å². The third kappa shape index (κ3) is 6.09. The van der Waals surface area contributed by atoms with Crippen LogP contribution in [0.5, 0.6) is 0 Å². The molecule has 2 amide bonds. The summed E-state index contributed by atoms with van der Waals surface area (Å²) in [5, 5.41) is 2.57. The minimum Gasteiger partial charge on any atom is -0.453 e. The van der Waals surface area contributed by atoms with E-state index in [1.165, 1.54) is 7.11 Å². The van der Waals surface area contributed by atoms with Crippen molar-refractivity contribution in [3.63, 3.8) is 0 Å². The number of methoxy groups -OCH3 is 1. The summed E-state index contributed by atoms with van der Waals surface area (Å²) in [6.07, 6.45) is 0.400. The molecule has 0 saturated heterocycles. The molecular weight excluding hydrogens is 335 g/mol. The van der Waals surface area contributed by atoms with Gasteiger partial charge in [0.2, 0.25) is 5.91 Å². The Balaban J connectivity index is 4.48. The van der Waals surface area contributed by atoms with Gasteiger partial charge in [0.1, 0.15) is 10.5 Å². The number of carbonyl (C=O) groups excluding carboxylic acids is 2. The molecule has 0 aromatic heterocycles. The normalized spacial score (nSPS) is 12.1. The summed E-state index contributed by atoms with van der Waals surface area (Å²) < 4.78 is 5.57. The summed E-state index contributed by atoms with van der Waals surface area (Å²) in [6, 6.07) is -0.523. The number of alkyl halides is 1. The second-order valence-electron chi connectivity index (χ2n) is 4.18. The van der Waals surface area contributed by atoms with Crippen LogP contribution in [-0.4, -0.2) is 48.1 Å². The first kappa shape index (κ1) is 16.5. The number of hydrogen-bond acceptors (Lipinski definition) is 3. The lowest BCUT2D eigenvalue weighted by Gasteiger charge is -2.26. The van der Waals surface area contributed by atoms with Crippen LogP contribution in [0.1, 0.15) is 20.3 Å². The number of alkyl carbamates (subject to hydrolysis) is 1. The Labute approximate surface area is 116 Å². The van der Waals surface area contributed by atoms with Crippen molar-refractivity contribution in [2.45, 2.75) is 26.3 Å². The summed E-state index contributed by atoms with van der Waals surface area (Å²) in [7, 11) is 3.05. The Bertz CT molecular complexity index is 259. The lowest BCUT2D eigenvalue weighted by Crippen LogP contribution is -3.35. The first-order valence-corrected chi connectivity index (χ1v) is 7.26. The average Bonchev–Trinajstić information content (AvgIpc) is 2.31. The quantitative estimate of drug-likeness (QED) is 0.423. The van der Waals surface area contributed by atoms with Gasteiger partial charge in [0, 0.05) is 20.0 Å². The number of nitrogens with zero attached hydrogens (tertiary/aromatic N) is 1. The molecule has 0 spiro atoms. The van der Waals surface area contributed by atoms with E-state index in [9.17, 15) is 9.59 Å². The van der Waals surface area contributed by atoms with Gasteiger partial charge >= 0.3 is 6.09 Å². The van der Waals surface area contributed by atoms with Crippen LogP contribution < -0.4 is 27.9 Å². The molecular formula is C11H22IN2O3+. The van der Waals surface area contributed by atoms with Gasteiger partial charge < -0.3 is 15.0 Å². The molecule has 100 valence electrons. The highest BCUT2D eigenvalue weighted by molar-refractivity contribution is 5.85. The van der Waals surface area contributed by atoms with Gasteiger partial charge in [0.05, 0.1) is 7.11 Å². The van der Waals surface area contributed by atoms with Gasteiger partial charge in [-0.25, -0.2) is 4.79 Å². The predicted octanol–water partition coefficient (Wildman–Crippen LogP) is -2.50. The van der Waals surface area contributed by atoms with Gasteiger partial charge in [-0.15, -0.1) is 0 Å². The molecule has 6 heteroatoms. The van der Waals surface area contributed by atoms with Crippen molar-refractivity contribution in [3.8, 4) is 0 Å². The highest BCUT2D eigenvalue weighted by Crippen LogP contribution is 2.06. The molecule has 5 nitrogen and oxygen atoms in total. The van der Waals surface area contributed by atoms with Crippen LogP contribution in [0.25, 0.3) is 0 Å². The van der Waals surface area contributed by atoms with Crippen LogP contribution in [0.2, 0.25) is 0 Å². The molecule has 0 aliphatic carbocycles. The van der Waals surface area contributed by atoms with Crippen LogP contribution in [0.3, 0.4) is 0 Å². The van der Waals surface area contributed by atoms with Gasteiger partial charge in [-0.1, -0.05) is 13.8 Å². The Morgan fingerprint density at radius 2 is 2.00 bits per heavy atom. The molecule has 0 aliphatic rings. The fraction of sp³-hybridized carbons (Fsp3) is 0.818. The Hall–Kier alpha value is -0.530. The molecule has 0 saturated carbocycles. The van der Waals surface area contributed by atoms with Crippen molar-refractivity contribution in [2.24, 2.45) is 5.92 Å². The smallest absolute Gasteiger partial charge is 0.407 e. The van der Waals surface area contributed by atoms with Gasteiger partial charge in [-0.05, 0) is 5.92 Å². The summed E-state index contributed by atoms with van der Waals surface area (Å²) in [5.74, 6) is -0.0357. The number of halogens is 1. The molecule has 0 unspecified atom stereocenters. The molecule has 1 N–H and O–H groups in total. The fourth-order valence-electron chi connectivity index (χ4n) is 1.35. The standard InChI is InChI=1S/C11H21IN2O3/c1-8(2)9(13-11(16)17-4)10(15)14(3)7-5-6-12/h8-9,12H,5-7H2,1-4H3/p+1/t9-/m0/s1. The molecule has 0 bridgehead atoms. The number of nitrogens with one attached hydrogen (secondary N) is 1. The lowest BCUT2D eigenvalue weighted by atomic mass is 10.0. The van der Waals surface area contributed by atoms with E-state index in [1.54, 1.807) is 11.9 Å². The number of ether oxygens (including phenoxy) is 1. The van der Waals surface area contributed by atoms with E-state index in [0.29, 0.717) is 6.54 Å². The highest BCUT2D eigenvalue weighted by atomic mass is 127. The van der Waals surface area contributed by atoms with Crippen LogP contribution >= 0.6 is 0 Å². The largest absolute Gasteiger partial charge is 0.453 e. The van der Waals surface area contributed by atoms with E-state index >= 15 is 0 Å². The van der Waals surface area contributed by atoms with Crippen LogP contribution in [-0.2, 0) is 9.53 Å². The maximum absolute atomic E-state index is 12.1. The minimum absolute atomic E-state index is 0.0337. The Morgan fingerprint density at radius 1 is 1.41 bits per heavy atom. The van der Waals surface area contributed by atoms with E-state index < -0.39 is 12.1 Å². The van der Waals surface area contributed by atoms with Crippen LogP contribution in [0, 0.1) is 5.92 Å². The van der Waals surface area contributed by atoms with Gasteiger partial charge in [0.25, 0.3) is 22.6 Å². The zero-order chi connectivity index (χ0) is 13.4. The van der Waals surface area contributed by atoms with Crippen molar-refractivity contribution in [1.29, 1.82) is 0 Å². The average molecular weight is 357 g/mol.